The quantitative estimate of drug-likeness (QED) is 0.454. The molecule has 0 aliphatic carbocycles. The van der Waals surface area contributed by atoms with Crippen LogP contribution in [0.3, 0.4) is 0 Å². The van der Waals surface area contributed by atoms with E-state index in [4.69, 9.17) is 9.15 Å². The molecular weight excluding hydrogens is 380 g/mol. The van der Waals surface area contributed by atoms with Gasteiger partial charge >= 0.3 is 17.9 Å². The average Bonchev–Trinajstić information content (AvgIpc) is 3.16. The molecule has 154 valence electrons. The van der Waals surface area contributed by atoms with Crippen LogP contribution < -0.4 is 21.5 Å². The molecule has 0 aliphatic rings. The first-order chi connectivity index (χ1) is 13.6. The molecule has 1 aromatic carbocycles. The summed E-state index contributed by atoms with van der Waals surface area (Å²) in [5, 5.41) is 4.87. The van der Waals surface area contributed by atoms with Crippen molar-refractivity contribution in [2.24, 2.45) is 0 Å². The van der Waals surface area contributed by atoms with Crippen LogP contribution in [0, 0.1) is 0 Å². The summed E-state index contributed by atoms with van der Waals surface area (Å²) in [6.45, 7) is 5.27. The molecule has 0 unspecified atom stereocenters. The molecule has 0 aliphatic heterocycles. The van der Waals surface area contributed by atoms with E-state index in [1.807, 2.05) is 5.43 Å². The van der Waals surface area contributed by atoms with Gasteiger partial charge in [-0.25, -0.2) is 4.79 Å². The minimum Gasteiger partial charge on any atom is -0.467 e. The molecule has 0 saturated heterocycles. The fourth-order valence-corrected chi connectivity index (χ4v) is 2.03. The summed E-state index contributed by atoms with van der Waals surface area (Å²) in [5.74, 6) is -2.12. The second-order valence-corrected chi connectivity index (χ2v) is 6.87. The fraction of sp³-hybridized carbons (Fsp3) is 0.263. The molecule has 10 heteroatoms. The Morgan fingerprint density at radius 3 is 2.24 bits per heavy atom. The molecule has 0 fully saturated rings. The summed E-state index contributed by atoms with van der Waals surface area (Å²) >= 11 is 0. The van der Waals surface area contributed by atoms with Crippen LogP contribution in [0.2, 0.25) is 0 Å². The van der Waals surface area contributed by atoms with Gasteiger partial charge in [0.1, 0.15) is 11.4 Å². The van der Waals surface area contributed by atoms with Crippen LogP contribution in [0.1, 0.15) is 36.9 Å². The highest BCUT2D eigenvalue weighted by atomic mass is 16.6. The monoisotopic (exact) mass is 402 g/mol. The summed E-state index contributed by atoms with van der Waals surface area (Å²) in [4.78, 5) is 47.1. The highest BCUT2D eigenvalue weighted by Gasteiger charge is 2.17. The Kier molecular flexibility index (Phi) is 6.96. The van der Waals surface area contributed by atoms with E-state index in [0.717, 1.165) is 0 Å². The second kappa shape index (κ2) is 9.40. The summed E-state index contributed by atoms with van der Waals surface area (Å²) < 4.78 is 10.2. The van der Waals surface area contributed by atoms with E-state index in [0.29, 0.717) is 11.4 Å². The summed E-state index contributed by atoms with van der Waals surface area (Å²) in [5.41, 5.74) is 4.14. The van der Waals surface area contributed by atoms with Crippen molar-refractivity contribution in [1.82, 2.24) is 16.2 Å². The van der Waals surface area contributed by atoms with Crippen LogP contribution in [0.4, 0.5) is 10.5 Å². The maximum Gasteiger partial charge on any atom is 0.412 e. The normalized spacial score (nSPS) is 10.6. The van der Waals surface area contributed by atoms with E-state index < -0.39 is 29.4 Å². The number of amides is 4. The lowest BCUT2D eigenvalue weighted by atomic mass is 10.2. The van der Waals surface area contributed by atoms with Crippen LogP contribution in [-0.4, -0.2) is 29.4 Å². The molecule has 0 radical (unpaired) electrons. The third kappa shape index (κ3) is 7.37. The molecular formula is C19H22N4O6. The summed E-state index contributed by atoms with van der Waals surface area (Å²) in [6.07, 6.45) is 0.818. The summed E-state index contributed by atoms with van der Waals surface area (Å²) in [7, 11) is 0. The lowest BCUT2D eigenvalue weighted by Crippen LogP contribution is -2.48. The molecule has 0 bridgehead atoms. The van der Waals surface area contributed by atoms with Crippen molar-refractivity contribution in [2.45, 2.75) is 32.9 Å². The zero-order valence-electron chi connectivity index (χ0n) is 16.2. The van der Waals surface area contributed by atoms with Crippen molar-refractivity contribution in [3.05, 3.63) is 54.0 Å². The van der Waals surface area contributed by atoms with Gasteiger partial charge in [0.15, 0.2) is 0 Å². The van der Waals surface area contributed by atoms with Gasteiger partial charge in [0.25, 0.3) is 5.91 Å². The number of hydrogen-bond donors (Lipinski definition) is 4. The molecule has 0 spiro atoms. The third-order valence-corrected chi connectivity index (χ3v) is 3.29. The standard InChI is InChI=1S/C19H22N4O6/c1-19(2,3)29-18(27)21-13-8-6-12(7-9-13)15(24)22-23-17(26)16(25)20-11-14-5-4-10-28-14/h4-10H,11H2,1-3H3,(H,20,25)(H,21,27)(H,22,24)(H,23,26). The Balaban J connectivity index is 1.79. The molecule has 2 rings (SSSR count). The first kappa shape index (κ1) is 21.5. The summed E-state index contributed by atoms with van der Waals surface area (Å²) in [6, 6.07) is 9.15. The van der Waals surface area contributed by atoms with E-state index in [1.54, 1.807) is 32.9 Å². The molecule has 10 nitrogen and oxygen atoms in total. The van der Waals surface area contributed by atoms with E-state index in [2.05, 4.69) is 16.1 Å². The predicted octanol–water partition coefficient (Wildman–Crippen LogP) is 1.70. The number of rotatable bonds is 4. The van der Waals surface area contributed by atoms with Crippen molar-refractivity contribution < 1.29 is 28.3 Å². The predicted molar refractivity (Wildman–Crippen MR) is 102 cm³/mol. The number of carbonyl (C=O) groups is 4. The van der Waals surface area contributed by atoms with Gasteiger partial charge in [0.2, 0.25) is 0 Å². The largest absolute Gasteiger partial charge is 0.467 e. The van der Waals surface area contributed by atoms with E-state index in [9.17, 15) is 19.2 Å². The molecule has 1 heterocycles. The number of anilines is 1. The minimum atomic E-state index is -1.03. The lowest BCUT2D eigenvalue weighted by molar-refractivity contribution is -0.139. The van der Waals surface area contributed by atoms with Crippen molar-refractivity contribution in [1.29, 1.82) is 0 Å². The van der Waals surface area contributed by atoms with Crippen LogP contribution in [0.15, 0.2) is 47.1 Å². The lowest BCUT2D eigenvalue weighted by Gasteiger charge is -2.19. The van der Waals surface area contributed by atoms with Gasteiger partial charge in [-0.2, -0.15) is 0 Å². The van der Waals surface area contributed by atoms with E-state index in [1.165, 1.54) is 30.5 Å². The Morgan fingerprint density at radius 2 is 1.66 bits per heavy atom. The van der Waals surface area contributed by atoms with E-state index >= 15 is 0 Å². The highest BCUT2D eigenvalue weighted by molar-refractivity contribution is 6.35. The minimum absolute atomic E-state index is 0.0410. The van der Waals surface area contributed by atoms with Crippen molar-refractivity contribution in [2.75, 3.05) is 5.32 Å². The highest BCUT2D eigenvalue weighted by Crippen LogP contribution is 2.13. The number of benzene rings is 1. The van der Waals surface area contributed by atoms with Gasteiger partial charge in [-0.15, -0.1) is 0 Å². The van der Waals surface area contributed by atoms with Crippen molar-refractivity contribution >= 4 is 29.5 Å². The third-order valence-electron chi connectivity index (χ3n) is 3.29. The Labute approximate surface area is 166 Å². The molecule has 4 amide bonds. The zero-order valence-corrected chi connectivity index (χ0v) is 16.2. The number of ether oxygens (including phenoxy) is 1. The van der Waals surface area contributed by atoms with Gasteiger partial charge < -0.3 is 14.5 Å². The Hall–Kier alpha value is -3.82. The first-order valence-electron chi connectivity index (χ1n) is 8.65. The Bertz CT molecular complexity index is 869. The molecule has 29 heavy (non-hydrogen) atoms. The molecule has 4 N–H and O–H groups in total. The van der Waals surface area contributed by atoms with Crippen molar-refractivity contribution in [3.8, 4) is 0 Å². The number of nitrogens with one attached hydrogen (secondary N) is 4. The number of carbonyl (C=O) groups excluding carboxylic acids is 4. The number of furan rings is 1. The average molecular weight is 402 g/mol. The first-order valence-corrected chi connectivity index (χ1v) is 8.65. The maximum absolute atomic E-state index is 12.1. The topological polar surface area (TPSA) is 139 Å². The van der Waals surface area contributed by atoms with Gasteiger partial charge in [-0.3, -0.25) is 30.6 Å². The van der Waals surface area contributed by atoms with Crippen LogP contribution in [0.5, 0.6) is 0 Å². The smallest absolute Gasteiger partial charge is 0.412 e. The van der Waals surface area contributed by atoms with Gasteiger partial charge in [-0.1, -0.05) is 0 Å². The van der Waals surface area contributed by atoms with Crippen LogP contribution >= 0.6 is 0 Å². The maximum atomic E-state index is 12.1. The molecule has 0 atom stereocenters. The van der Waals surface area contributed by atoms with Crippen LogP contribution in [0.25, 0.3) is 0 Å². The fourth-order valence-electron chi connectivity index (χ4n) is 2.03. The van der Waals surface area contributed by atoms with Gasteiger partial charge in [0.05, 0.1) is 12.8 Å². The van der Waals surface area contributed by atoms with Gasteiger partial charge in [0, 0.05) is 11.3 Å². The van der Waals surface area contributed by atoms with Crippen LogP contribution in [-0.2, 0) is 20.9 Å². The van der Waals surface area contributed by atoms with E-state index in [-0.39, 0.29) is 12.1 Å². The Morgan fingerprint density at radius 1 is 0.966 bits per heavy atom. The zero-order chi connectivity index (χ0) is 21.4. The molecule has 1 aromatic heterocycles. The molecule has 0 saturated carbocycles. The van der Waals surface area contributed by atoms with Crippen molar-refractivity contribution in [3.63, 3.8) is 0 Å². The molecule has 2 aromatic rings. The van der Waals surface area contributed by atoms with Gasteiger partial charge in [-0.05, 0) is 57.2 Å². The second-order valence-electron chi connectivity index (χ2n) is 6.87. The number of hydrogen-bond acceptors (Lipinski definition) is 6. The SMILES string of the molecule is CC(C)(C)OC(=O)Nc1ccc(C(=O)NNC(=O)C(=O)NCc2ccco2)cc1. The number of hydrazine groups is 1.